The minimum absolute atomic E-state index is 0.249. The van der Waals surface area contributed by atoms with Crippen molar-refractivity contribution in [3.63, 3.8) is 0 Å². The number of unbranched alkanes of at least 4 members (excludes halogenated alkanes) is 1. The number of hydrogen-bond acceptors (Lipinski definition) is 2. The topological polar surface area (TPSA) is 29.5 Å². The van der Waals surface area contributed by atoms with Crippen molar-refractivity contribution in [2.24, 2.45) is 5.92 Å². The predicted molar refractivity (Wildman–Crippen MR) is 79.0 cm³/mol. The Morgan fingerprint density at radius 1 is 1.33 bits per heavy atom. The first-order chi connectivity index (χ1) is 8.60. The van der Waals surface area contributed by atoms with Crippen molar-refractivity contribution in [2.75, 3.05) is 6.61 Å². The van der Waals surface area contributed by atoms with E-state index in [9.17, 15) is 5.11 Å². The molecule has 2 atom stereocenters. The lowest BCUT2D eigenvalue weighted by Crippen LogP contribution is -2.11. The number of aliphatic hydroxyl groups excluding tert-OH is 1. The molecule has 0 spiro atoms. The van der Waals surface area contributed by atoms with Crippen molar-refractivity contribution < 1.29 is 9.84 Å². The van der Waals surface area contributed by atoms with Gasteiger partial charge in [-0.25, -0.2) is 0 Å². The van der Waals surface area contributed by atoms with Crippen molar-refractivity contribution >= 4 is 15.9 Å². The van der Waals surface area contributed by atoms with E-state index in [4.69, 9.17) is 4.74 Å². The van der Waals surface area contributed by atoms with Crippen LogP contribution in [-0.2, 0) is 0 Å². The van der Waals surface area contributed by atoms with Gasteiger partial charge in [0.1, 0.15) is 5.75 Å². The molecule has 0 heterocycles. The standard InChI is InChI=1S/C15H23BrO2/c1-4-6-7-11(3)15(17)13-10-12(16)8-9-14(13)18-5-2/h8-11,15,17H,4-7H2,1-3H3. The lowest BCUT2D eigenvalue weighted by molar-refractivity contribution is 0.107. The van der Waals surface area contributed by atoms with Crippen LogP contribution in [0.5, 0.6) is 5.75 Å². The van der Waals surface area contributed by atoms with Gasteiger partial charge in [0, 0.05) is 10.0 Å². The van der Waals surface area contributed by atoms with Crippen LogP contribution in [0.4, 0.5) is 0 Å². The van der Waals surface area contributed by atoms with Crippen molar-refractivity contribution in [3.05, 3.63) is 28.2 Å². The van der Waals surface area contributed by atoms with Gasteiger partial charge in [-0.2, -0.15) is 0 Å². The zero-order valence-electron chi connectivity index (χ0n) is 11.4. The molecule has 1 rings (SSSR count). The van der Waals surface area contributed by atoms with Crippen LogP contribution in [0.15, 0.2) is 22.7 Å². The van der Waals surface area contributed by atoms with Crippen LogP contribution in [-0.4, -0.2) is 11.7 Å². The summed E-state index contributed by atoms with van der Waals surface area (Å²) in [4.78, 5) is 0. The number of benzene rings is 1. The number of hydrogen-bond donors (Lipinski definition) is 1. The normalized spacial score (nSPS) is 14.3. The van der Waals surface area contributed by atoms with E-state index in [-0.39, 0.29) is 5.92 Å². The molecule has 1 N–H and O–H groups in total. The van der Waals surface area contributed by atoms with Crippen LogP contribution >= 0.6 is 15.9 Å². The second-order valence-electron chi connectivity index (χ2n) is 4.68. The first-order valence-corrected chi connectivity index (χ1v) is 7.49. The maximum Gasteiger partial charge on any atom is 0.125 e. The van der Waals surface area contributed by atoms with Crippen LogP contribution in [0.25, 0.3) is 0 Å². The van der Waals surface area contributed by atoms with E-state index in [1.165, 1.54) is 0 Å². The second kappa shape index (κ2) is 7.80. The molecule has 0 aliphatic heterocycles. The summed E-state index contributed by atoms with van der Waals surface area (Å²) in [6, 6.07) is 5.81. The van der Waals surface area contributed by atoms with E-state index in [2.05, 4.69) is 29.8 Å². The summed E-state index contributed by atoms with van der Waals surface area (Å²) in [5.74, 6) is 1.04. The van der Waals surface area contributed by atoms with Gasteiger partial charge in [-0.15, -0.1) is 0 Å². The molecular weight excluding hydrogens is 292 g/mol. The average Bonchev–Trinajstić information content (AvgIpc) is 2.37. The molecule has 0 aromatic heterocycles. The molecule has 0 fully saturated rings. The fourth-order valence-electron chi connectivity index (χ4n) is 2.03. The molecule has 18 heavy (non-hydrogen) atoms. The van der Waals surface area contributed by atoms with Crippen LogP contribution in [0.2, 0.25) is 0 Å². The molecule has 1 aromatic carbocycles. The van der Waals surface area contributed by atoms with Crippen LogP contribution in [0.1, 0.15) is 51.7 Å². The summed E-state index contributed by atoms with van der Waals surface area (Å²) in [6.07, 6.45) is 2.88. The Balaban J connectivity index is 2.87. The number of ether oxygens (including phenoxy) is 1. The second-order valence-corrected chi connectivity index (χ2v) is 5.60. The average molecular weight is 315 g/mol. The summed E-state index contributed by atoms with van der Waals surface area (Å²) in [6.45, 7) is 6.84. The summed E-state index contributed by atoms with van der Waals surface area (Å²) >= 11 is 3.45. The molecule has 1 aromatic rings. The third-order valence-corrected chi connectivity index (χ3v) is 3.64. The van der Waals surface area contributed by atoms with Gasteiger partial charge >= 0.3 is 0 Å². The highest BCUT2D eigenvalue weighted by Crippen LogP contribution is 2.34. The highest BCUT2D eigenvalue weighted by molar-refractivity contribution is 9.10. The van der Waals surface area contributed by atoms with Gasteiger partial charge in [-0.05, 0) is 37.5 Å². The molecule has 0 saturated heterocycles. The predicted octanol–water partition coefficient (Wildman–Crippen LogP) is 4.71. The molecular formula is C15H23BrO2. The van der Waals surface area contributed by atoms with Gasteiger partial charge < -0.3 is 9.84 Å². The first kappa shape index (κ1) is 15.5. The minimum Gasteiger partial charge on any atom is -0.493 e. The highest BCUT2D eigenvalue weighted by Gasteiger charge is 2.20. The van der Waals surface area contributed by atoms with Crippen molar-refractivity contribution in [2.45, 2.75) is 46.1 Å². The van der Waals surface area contributed by atoms with E-state index in [1.54, 1.807) is 0 Å². The Hall–Kier alpha value is -0.540. The molecule has 0 saturated carbocycles. The first-order valence-electron chi connectivity index (χ1n) is 6.70. The monoisotopic (exact) mass is 314 g/mol. The summed E-state index contributed by atoms with van der Waals surface area (Å²) in [7, 11) is 0. The lowest BCUT2D eigenvalue weighted by Gasteiger charge is -2.21. The maximum absolute atomic E-state index is 10.4. The van der Waals surface area contributed by atoms with E-state index < -0.39 is 6.10 Å². The molecule has 2 unspecified atom stereocenters. The molecule has 2 nitrogen and oxygen atoms in total. The largest absolute Gasteiger partial charge is 0.493 e. The molecule has 0 radical (unpaired) electrons. The summed E-state index contributed by atoms with van der Waals surface area (Å²) < 4.78 is 6.56. The lowest BCUT2D eigenvalue weighted by atomic mass is 9.92. The van der Waals surface area contributed by atoms with Crippen LogP contribution < -0.4 is 4.74 Å². The molecule has 0 amide bonds. The quantitative estimate of drug-likeness (QED) is 0.790. The van der Waals surface area contributed by atoms with Gasteiger partial charge in [0.15, 0.2) is 0 Å². The Labute approximate surface area is 118 Å². The number of halogens is 1. The van der Waals surface area contributed by atoms with Crippen molar-refractivity contribution in [1.82, 2.24) is 0 Å². The Morgan fingerprint density at radius 3 is 2.67 bits per heavy atom. The van der Waals surface area contributed by atoms with Crippen molar-refractivity contribution in [1.29, 1.82) is 0 Å². The molecule has 3 heteroatoms. The van der Waals surface area contributed by atoms with E-state index in [0.717, 1.165) is 35.0 Å². The fraction of sp³-hybridized carbons (Fsp3) is 0.600. The Bertz CT molecular complexity index is 366. The Morgan fingerprint density at radius 2 is 2.06 bits per heavy atom. The van der Waals surface area contributed by atoms with Gasteiger partial charge in [0.05, 0.1) is 12.7 Å². The third kappa shape index (κ3) is 4.29. The number of rotatable bonds is 7. The van der Waals surface area contributed by atoms with Crippen molar-refractivity contribution in [3.8, 4) is 5.75 Å². The van der Waals surface area contributed by atoms with E-state index >= 15 is 0 Å². The van der Waals surface area contributed by atoms with Crippen LogP contribution in [0, 0.1) is 5.92 Å². The molecule has 0 aliphatic rings. The minimum atomic E-state index is -0.462. The fourth-order valence-corrected chi connectivity index (χ4v) is 2.41. The summed E-state index contributed by atoms with van der Waals surface area (Å²) in [5.41, 5.74) is 0.884. The van der Waals surface area contributed by atoms with Gasteiger partial charge in [-0.3, -0.25) is 0 Å². The van der Waals surface area contributed by atoms with E-state index in [0.29, 0.717) is 6.61 Å². The SMILES string of the molecule is CCCCC(C)C(O)c1cc(Br)ccc1OCC. The highest BCUT2D eigenvalue weighted by atomic mass is 79.9. The van der Waals surface area contributed by atoms with Crippen LogP contribution in [0.3, 0.4) is 0 Å². The molecule has 102 valence electrons. The molecule has 0 bridgehead atoms. The van der Waals surface area contributed by atoms with Gasteiger partial charge in [0.2, 0.25) is 0 Å². The number of aliphatic hydroxyl groups is 1. The Kier molecular flexibility index (Phi) is 6.72. The van der Waals surface area contributed by atoms with Gasteiger partial charge in [0.25, 0.3) is 0 Å². The maximum atomic E-state index is 10.4. The smallest absolute Gasteiger partial charge is 0.125 e. The molecule has 0 aliphatic carbocycles. The summed E-state index contributed by atoms with van der Waals surface area (Å²) in [5, 5.41) is 10.4. The third-order valence-electron chi connectivity index (χ3n) is 3.14. The zero-order valence-corrected chi connectivity index (χ0v) is 13.0. The zero-order chi connectivity index (χ0) is 13.5. The van der Waals surface area contributed by atoms with Gasteiger partial charge in [-0.1, -0.05) is 42.6 Å². The van der Waals surface area contributed by atoms with E-state index in [1.807, 2.05) is 25.1 Å².